The molecule has 2 aromatic carbocycles. The first-order chi connectivity index (χ1) is 15.9. The topological polar surface area (TPSA) is 88.9 Å². The van der Waals surface area contributed by atoms with Gasteiger partial charge in [-0.1, -0.05) is 53.2 Å². The zero-order valence-electron chi connectivity index (χ0n) is 17.5. The molecule has 0 aliphatic carbocycles. The lowest BCUT2D eigenvalue weighted by molar-refractivity contribution is -0.116. The van der Waals surface area contributed by atoms with Crippen LogP contribution in [-0.2, 0) is 22.7 Å². The molecule has 0 spiro atoms. The fourth-order valence-electron chi connectivity index (χ4n) is 2.78. The summed E-state index contributed by atoms with van der Waals surface area (Å²) in [6.07, 6.45) is 3.03. The minimum atomic E-state index is -0.556. The molecule has 1 heterocycles. The van der Waals surface area contributed by atoms with Gasteiger partial charge in [0, 0.05) is 23.3 Å². The number of benzene rings is 2. The summed E-state index contributed by atoms with van der Waals surface area (Å²) in [6.45, 7) is 2.65. The summed E-state index contributed by atoms with van der Waals surface area (Å²) in [7, 11) is 0. The molecule has 0 bridgehead atoms. The maximum atomic E-state index is 13.2. The molecule has 0 radical (unpaired) electrons. The Morgan fingerprint density at radius 2 is 1.94 bits per heavy atom. The van der Waals surface area contributed by atoms with Crippen molar-refractivity contribution in [2.75, 3.05) is 11.1 Å². The van der Waals surface area contributed by atoms with Gasteiger partial charge in [0.15, 0.2) is 11.0 Å². The fraction of sp³-hybridized carbons (Fsp3) is 0.182. The molecular weight excluding hydrogens is 488 g/mol. The Hall–Kier alpha value is -2.88. The zero-order chi connectivity index (χ0) is 23.8. The van der Waals surface area contributed by atoms with E-state index < -0.39 is 5.82 Å². The van der Waals surface area contributed by atoms with E-state index in [9.17, 15) is 14.0 Å². The number of aromatic nitrogens is 3. The zero-order valence-corrected chi connectivity index (χ0v) is 19.8. The molecule has 0 saturated heterocycles. The summed E-state index contributed by atoms with van der Waals surface area (Å²) in [5.74, 6) is -0.524. The van der Waals surface area contributed by atoms with Gasteiger partial charge in [0.2, 0.25) is 11.8 Å². The van der Waals surface area contributed by atoms with Gasteiger partial charge in [-0.15, -0.1) is 10.2 Å². The number of carbonyl (C=O) groups excluding carboxylic acids is 2. The highest BCUT2D eigenvalue weighted by Crippen LogP contribution is 2.21. The normalized spacial score (nSPS) is 11.0. The number of hydrogen-bond donors (Lipinski definition) is 2. The van der Waals surface area contributed by atoms with Gasteiger partial charge in [0.25, 0.3) is 0 Å². The van der Waals surface area contributed by atoms with Crippen LogP contribution in [0.5, 0.6) is 0 Å². The van der Waals surface area contributed by atoms with Gasteiger partial charge >= 0.3 is 0 Å². The van der Waals surface area contributed by atoms with Crippen LogP contribution in [0.3, 0.4) is 0 Å². The third-order valence-electron chi connectivity index (χ3n) is 4.39. The molecule has 2 amide bonds. The summed E-state index contributed by atoms with van der Waals surface area (Å²) >= 11 is 13.0. The van der Waals surface area contributed by atoms with Crippen molar-refractivity contribution in [1.82, 2.24) is 20.1 Å². The summed E-state index contributed by atoms with van der Waals surface area (Å²) in [5.41, 5.74) is 1.14. The van der Waals surface area contributed by atoms with Crippen LogP contribution in [0.1, 0.15) is 18.3 Å². The molecule has 3 rings (SSSR count). The average Bonchev–Trinajstić information content (AvgIpc) is 3.20. The highest BCUT2D eigenvalue weighted by Gasteiger charge is 2.14. The smallest absolute Gasteiger partial charge is 0.244 e. The molecule has 0 aliphatic heterocycles. The third-order valence-corrected chi connectivity index (χ3v) is 5.99. The highest BCUT2D eigenvalue weighted by atomic mass is 35.5. The predicted molar refractivity (Wildman–Crippen MR) is 129 cm³/mol. The first-order valence-corrected chi connectivity index (χ1v) is 11.6. The number of amides is 2. The van der Waals surface area contributed by atoms with E-state index in [-0.39, 0.29) is 29.1 Å². The Morgan fingerprint density at radius 3 is 2.67 bits per heavy atom. The van der Waals surface area contributed by atoms with Gasteiger partial charge in [-0.05, 0) is 42.8 Å². The number of nitrogens with zero attached hydrogens (tertiary/aromatic N) is 3. The number of nitrogens with one attached hydrogen (secondary N) is 2. The van der Waals surface area contributed by atoms with Gasteiger partial charge in [0.1, 0.15) is 5.82 Å². The van der Waals surface area contributed by atoms with Gasteiger partial charge in [0.05, 0.1) is 17.3 Å². The molecule has 0 unspecified atom stereocenters. The monoisotopic (exact) mass is 507 g/mol. The van der Waals surface area contributed by atoms with Crippen molar-refractivity contribution in [2.45, 2.75) is 25.2 Å². The van der Waals surface area contributed by atoms with Crippen molar-refractivity contribution in [3.8, 4) is 0 Å². The molecule has 7 nitrogen and oxygen atoms in total. The van der Waals surface area contributed by atoms with Crippen LogP contribution in [0.2, 0.25) is 10.0 Å². The van der Waals surface area contributed by atoms with E-state index in [1.165, 1.54) is 36.0 Å². The van der Waals surface area contributed by atoms with Crippen LogP contribution in [-0.4, -0.2) is 32.3 Å². The Labute approximate surface area is 204 Å². The van der Waals surface area contributed by atoms with E-state index in [4.69, 9.17) is 23.2 Å². The SMILES string of the molecule is CCn1c(CNC(=O)/C=C/c2ccccc2Cl)nnc1SCC(=O)Nc1ccc(F)c(Cl)c1. The number of thioether (sulfide) groups is 1. The molecule has 0 atom stereocenters. The standard InChI is InChI=1S/C22H20Cl2FN5O2S/c1-2-30-19(12-26-20(31)10-7-14-5-3-4-6-16(14)23)28-29-22(30)33-13-21(32)27-15-8-9-18(25)17(24)11-15/h3-11H,2,12-13H2,1H3,(H,26,31)(H,27,32)/b10-7+. The maximum Gasteiger partial charge on any atom is 0.244 e. The number of carbonyl (C=O) groups is 2. The number of anilines is 1. The molecule has 3 aromatic rings. The largest absolute Gasteiger partial charge is 0.345 e. The van der Waals surface area contributed by atoms with Gasteiger partial charge in [-0.2, -0.15) is 0 Å². The molecule has 172 valence electrons. The van der Waals surface area contributed by atoms with E-state index in [1.807, 2.05) is 29.7 Å². The second-order valence-corrected chi connectivity index (χ2v) is 8.44. The molecular formula is C22H20Cl2FN5O2S. The quantitative estimate of drug-likeness (QED) is 0.320. The number of hydrogen-bond acceptors (Lipinski definition) is 5. The van der Waals surface area contributed by atoms with Crippen molar-refractivity contribution < 1.29 is 14.0 Å². The van der Waals surface area contributed by atoms with Gasteiger partial charge < -0.3 is 15.2 Å². The summed E-state index contributed by atoms with van der Waals surface area (Å²) in [4.78, 5) is 24.4. The van der Waals surface area contributed by atoms with E-state index in [0.29, 0.717) is 28.2 Å². The Kier molecular flexibility index (Phi) is 8.87. The summed E-state index contributed by atoms with van der Waals surface area (Å²) in [5, 5.41) is 14.7. The lowest BCUT2D eigenvalue weighted by Crippen LogP contribution is -2.22. The summed E-state index contributed by atoms with van der Waals surface area (Å²) < 4.78 is 15.0. The Balaban J connectivity index is 1.53. The van der Waals surface area contributed by atoms with Crippen molar-refractivity contribution in [3.63, 3.8) is 0 Å². The molecule has 0 fully saturated rings. The van der Waals surface area contributed by atoms with E-state index in [1.54, 1.807) is 12.1 Å². The van der Waals surface area contributed by atoms with Gasteiger partial charge in [-0.3, -0.25) is 9.59 Å². The lowest BCUT2D eigenvalue weighted by Gasteiger charge is -2.08. The van der Waals surface area contributed by atoms with Crippen LogP contribution in [0.4, 0.5) is 10.1 Å². The first-order valence-electron chi connectivity index (χ1n) is 9.87. The van der Waals surface area contributed by atoms with Gasteiger partial charge in [-0.25, -0.2) is 4.39 Å². The minimum absolute atomic E-state index is 0.0695. The van der Waals surface area contributed by atoms with Crippen LogP contribution >= 0.6 is 35.0 Å². The maximum absolute atomic E-state index is 13.2. The van der Waals surface area contributed by atoms with Crippen LogP contribution in [0, 0.1) is 5.82 Å². The average molecular weight is 508 g/mol. The fourth-order valence-corrected chi connectivity index (χ4v) is 3.98. The second kappa shape index (κ2) is 11.8. The lowest BCUT2D eigenvalue weighted by atomic mass is 10.2. The van der Waals surface area contributed by atoms with E-state index >= 15 is 0 Å². The molecule has 1 aromatic heterocycles. The molecule has 0 aliphatic rings. The van der Waals surface area contributed by atoms with Crippen LogP contribution in [0.15, 0.2) is 53.7 Å². The Bertz CT molecular complexity index is 1190. The van der Waals surface area contributed by atoms with Crippen molar-refractivity contribution >= 4 is 58.5 Å². The van der Waals surface area contributed by atoms with Crippen LogP contribution in [0.25, 0.3) is 6.08 Å². The number of rotatable bonds is 9. The van der Waals surface area contributed by atoms with Crippen molar-refractivity contribution in [1.29, 1.82) is 0 Å². The van der Waals surface area contributed by atoms with E-state index in [0.717, 1.165) is 5.56 Å². The van der Waals surface area contributed by atoms with E-state index in [2.05, 4.69) is 20.8 Å². The summed E-state index contributed by atoms with van der Waals surface area (Å²) in [6, 6.07) is 11.2. The first kappa shape index (κ1) is 24.8. The van der Waals surface area contributed by atoms with Crippen molar-refractivity contribution in [2.24, 2.45) is 0 Å². The molecule has 0 saturated carbocycles. The second-order valence-electron chi connectivity index (χ2n) is 6.68. The van der Waals surface area contributed by atoms with Crippen LogP contribution < -0.4 is 10.6 Å². The molecule has 2 N–H and O–H groups in total. The predicted octanol–water partition coefficient (Wildman–Crippen LogP) is 4.80. The Morgan fingerprint density at radius 1 is 1.15 bits per heavy atom. The highest BCUT2D eigenvalue weighted by molar-refractivity contribution is 7.99. The molecule has 33 heavy (non-hydrogen) atoms. The van der Waals surface area contributed by atoms with Crippen molar-refractivity contribution in [3.05, 3.63) is 75.8 Å². The molecule has 11 heteroatoms. The number of halogens is 3. The minimum Gasteiger partial charge on any atom is -0.345 e. The third kappa shape index (κ3) is 7.05.